The van der Waals surface area contributed by atoms with E-state index in [4.69, 9.17) is 4.42 Å². The van der Waals surface area contributed by atoms with Gasteiger partial charge in [0.15, 0.2) is 0 Å². The summed E-state index contributed by atoms with van der Waals surface area (Å²) in [6.45, 7) is 0. The van der Waals surface area contributed by atoms with Crippen molar-refractivity contribution in [3.8, 4) is 0 Å². The number of hydrogen-bond acceptors (Lipinski definition) is 7. The molecule has 1 amide bonds. The first-order valence-corrected chi connectivity index (χ1v) is 11.0. The van der Waals surface area contributed by atoms with Crippen molar-refractivity contribution in [3.05, 3.63) is 87.4 Å². The summed E-state index contributed by atoms with van der Waals surface area (Å²) in [5.74, 6) is -0.739. The highest BCUT2D eigenvalue weighted by Gasteiger charge is 2.17. The van der Waals surface area contributed by atoms with E-state index in [1.54, 1.807) is 24.3 Å². The number of anilines is 2. The number of sulfonamides is 1. The quantitative estimate of drug-likeness (QED) is 0.401. The smallest absolute Gasteiger partial charge is 0.349 e. The van der Waals surface area contributed by atoms with Crippen LogP contribution in [0.15, 0.2) is 85.6 Å². The molecule has 0 aliphatic rings. The van der Waals surface area contributed by atoms with Crippen LogP contribution in [0.4, 0.5) is 11.6 Å². The highest BCUT2D eigenvalue weighted by Crippen LogP contribution is 2.20. The van der Waals surface area contributed by atoms with E-state index in [9.17, 15) is 18.0 Å². The largest absolute Gasteiger partial charge is 0.422 e. The van der Waals surface area contributed by atoms with Gasteiger partial charge in [0.1, 0.15) is 11.1 Å². The van der Waals surface area contributed by atoms with Crippen molar-refractivity contribution in [3.63, 3.8) is 0 Å². The van der Waals surface area contributed by atoms with Crippen molar-refractivity contribution >= 4 is 54.5 Å². The monoisotopic (exact) mass is 500 g/mol. The van der Waals surface area contributed by atoms with Crippen LogP contribution in [0.2, 0.25) is 0 Å². The fourth-order valence-corrected chi connectivity index (χ4v) is 4.04. The van der Waals surface area contributed by atoms with Crippen LogP contribution in [0, 0.1) is 0 Å². The molecule has 9 nitrogen and oxygen atoms in total. The Morgan fingerprint density at radius 3 is 2.42 bits per heavy atom. The summed E-state index contributed by atoms with van der Waals surface area (Å²) in [5.41, 5.74) is -0.299. The number of nitrogens with zero attached hydrogens (tertiary/aromatic N) is 2. The fraction of sp³-hybridized carbons (Fsp3) is 0. The van der Waals surface area contributed by atoms with E-state index in [1.807, 2.05) is 0 Å². The second kappa shape index (κ2) is 8.28. The molecule has 0 bridgehead atoms. The van der Waals surface area contributed by atoms with Crippen molar-refractivity contribution in [2.75, 3.05) is 10.0 Å². The van der Waals surface area contributed by atoms with Gasteiger partial charge in [0, 0.05) is 27.9 Å². The van der Waals surface area contributed by atoms with Gasteiger partial charge in [0.25, 0.3) is 15.9 Å². The lowest BCUT2D eigenvalue weighted by atomic mass is 10.1. The minimum atomic E-state index is -3.90. The molecule has 2 N–H and O–H groups in total. The zero-order valence-corrected chi connectivity index (χ0v) is 18.0. The third-order valence-corrected chi connectivity index (χ3v) is 5.99. The Hall–Kier alpha value is -3.57. The van der Waals surface area contributed by atoms with Crippen LogP contribution < -0.4 is 15.7 Å². The number of carbonyl (C=O) groups is 1. The van der Waals surface area contributed by atoms with Gasteiger partial charge < -0.3 is 9.73 Å². The van der Waals surface area contributed by atoms with Crippen molar-refractivity contribution in [2.24, 2.45) is 0 Å². The van der Waals surface area contributed by atoms with Crippen LogP contribution >= 0.6 is 15.9 Å². The second-order valence-electron chi connectivity index (χ2n) is 6.29. The Labute approximate surface area is 184 Å². The highest BCUT2D eigenvalue weighted by molar-refractivity contribution is 9.10. The molecule has 2 heterocycles. The van der Waals surface area contributed by atoms with Gasteiger partial charge in [-0.05, 0) is 54.6 Å². The second-order valence-corrected chi connectivity index (χ2v) is 8.88. The van der Waals surface area contributed by atoms with Gasteiger partial charge in [-0.1, -0.05) is 15.9 Å². The van der Waals surface area contributed by atoms with E-state index in [0.717, 1.165) is 4.47 Å². The van der Waals surface area contributed by atoms with E-state index in [-0.39, 0.29) is 16.4 Å². The molecule has 0 saturated heterocycles. The van der Waals surface area contributed by atoms with E-state index in [1.165, 1.54) is 42.7 Å². The molecule has 0 aliphatic heterocycles. The molecule has 0 aliphatic carbocycles. The molecule has 0 unspecified atom stereocenters. The molecular formula is C20H13BrN4O5S. The van der Waals surface area contributed by atoms with Crippen molar-refractivity contribution in [1.29, 1.82) is 0 Å². The van der Waals surface area contributed by atoms with E-state index >= 15 is 0 Å². The van der Waals surface area contributed by atoms with Crippen LogP contribution in [-0.2, 0) is 10.0 Å². The van der Waals surface area contributed by atoms with Gasteiger partial charge in [-0.15, -0.1) is 0 Å². The van der Waals surface area contributed by atoms with E-state index in [0.29, 0.717) is 16.7 Å². The van der Waals surface area contributed by atoms with Gasteiger partial charge in [-0.25, -0.2) is 27.9 Å². The number of fused-ring (bicyclic) bond motifs is 1. The maximum Gasteiger partial charge on any atom is 0.349 e. The van der Waals surface area contributed by atoms with Gasteiger partial charge in [0.2, 0.25) is 5.95 Å². The molecule has 0 fully saturated rings. The summed E-state index contributed by atoms with van der Waals surface area (Å²) in [7, 11) is -3.90. The van der Waals surface area contributed by atoms with Crippen LogP contribution in [0.3, 0.4) is 0 Å². The minimum Gasteiger partial charge on any atom is -0.422 e. The van der Waals surface area contributed by atoms with Crippen LogP contribution in [-0.4, -0.2) is 24.3 Å². The van der Waals surface area contributed by atoms with Gasteiger partial charge >= 0.3 is 5.63 Å². The molecule has 0 atom stereocenters. The summed E-state index contributed by atoms with van der Waals surface area (Å²) in [6.07, 6.45) is 2.82. The predicted octanol–water partition coefficient (Wildman–Crippen LogP) is 3.40. The Bertz CT molecular complexity index is 1440. The van der Waals surface area contributed by atoms with Crippen LogP contribution in [0.25, 0.3) is 11.0 Å². The summed E-state index contributed by atoms with van der Waals surface area (Å²) in [5, 5.41) is 3.13. The standard InChI is InChI=1S/C20H13BrN4O5S/c21-13-2-7-17-12(10-13)11-16(19(27)30-17)18(26)24-14-3-5-15(6-4-14)31(28,29)25-20-22-8-1-9-23-20/h1-11H,(H,24,26)(H,22,23,25). The number of aromatic nitrogens is 2. The lowest BCUT2D eigenvalue weighted by Crippen LogP contribution is -2.20. The van der Waals surface area contributed by atoms with Crippen LogP contribution in [0.5, 0.6) is 0 Å². The normalized spacial score (nSPS) is 11.3. The number of hydrogen-bond donors (Lipinski definition) is 2. The fourth-order valence-electron chi connectivity index (χ4n) is 2.70. The first-order chi connectivity index (χ1) is 14.8. The average Bonchev–Trinajstić information content (AvgIpc) is 2.74. The molecule has 0 saturated carbocycles. The van der Waals surface area contributed by atoms with Crippen molar-refractivity contribution < 1.29 is 17.6 Å². The molecule has 11 heteroatoms. The SMILES string of the molecule is O=C(Nc1ccc(S(=O)(=O)Nc2ncccn2)cc1)c1cc2cc(Br)ccc2oc1=O. The van der Waals surface area contributed by atoms with E-state index in [2.05, 4.69) is 35.9 Å². The van der Waals surface area contributed by atoms with Crippen molar-refractivity contribution in [2.45, 2.75) is 4.90 Å². The van der Waals surface area contributed by atoms with Gasteiger partial charge in [0.05, 0.1) is 4.90 Å². The number of amides is 1. The number of halogens is 1. The first-order valence-electron chi connectivity index (χ1n) is 8.76. The zero-order valence-electron chi connectivity index (χ0n) is 15.6. The third kappa shape index (κ3) is 4.62. The lowest BCUT2D eigenvalue weighted by molar-refractivity contribution is 0.102. The summed E-state index contributed by atoms with van der Waals surface area (Å²) in [4.78, 5) is 32.3. The Morgan fingerprint density at radius 1 is 1.00 bits per heavy atom. The number of nitrogens with one attached hydrogen (secondary N) is 2. The summed E-state index contributed by atoms with van der Waals surface area (Å²) in [6, 6.07) is 13.5. The average molecular weight is 501 g/mol. The number of rotatable bonds is 5. The molecule has 2 aromatic heterocycles. The van der Waals surface area contributed by atoms with Crippen molar-refractivity contribution in [1.82, 2.24) is 9.97 Å². The Kier molecular flexibility index (Phi) is 5.53. The Morgan fingerprint density at radius 2 is 1.71 bits per heavy atom. The molecule has 4 aromatic rings. The molecule has 2 aromatic carbocycles. The Balaban J connectivity index is 1.54. The van der Waals surface area contributed by atoms with E-state index < -0.39 is 21.6 Å². The molecule has 31 heavy (non-hydrogen) atoms. The van der Waals surface area contributed by atoms with Crippen LogP contribution in [0.1, 0.15) is 10.4 Å². The van der Waals surface area contributed by atoms with Gasteiger partial charge in [-0.3, -0.25) is 4.79 Å². The van der Waals surface area contributed by atoms with Gasteiger partial charge in [-0.2, -0.15) is 0 Å². The maximum absolute atomic E-state index is 12.6. The zero-order chi connectivity index (χ0) is 22.0. The summed E-state index contributed by atoms with van der Waals surface area (Å²) < 4.78 is 33.0. The minimum absolute atomic E-state index is 0.0481. The molecule has 0 spiro atoms. The molecule has 4 rings (SSSR count). The molecule has 0 radical (unpaired) electrons. The maximum atomic E-state index is 12.6. The molecular weight excluding hydrogens is 488 g/mol. The third-order valence-electron chi connectivity index (χ3n) is 4.15. The molecule has 156 valence electrons. The topological polar surface area (TPSA) is 131 Å². The summed E-state index contributed by atoms with van der Waals surface area (Å²) >= 11 is 3.33. The highest BCUT2D eigenvalue weighted by atomic mass is 79.9. The number of benzene rings is 2. The lowest BCUT2D eigenvalue weighted by Gasteiger charge is -2.08. The predicted molar refractivity (Wildman–Crippen MR) is 117 cm³/mol. The number of carbonyl (C=O) groups excluding carboxylic acids is 1. The first kappa shape index (κ1) is 20.7.